The molecule has 2 rings (SSSR count). The summed E-state index contributed by atoms with van der Waals surface area (Å²) in [6.07, 6.45) is 1.58. The summed E-state index contributed by atoms with van der Waals surface area (Å²) in [4.78, 5) is 0. The maximum absolute atomic E-state index is 5.43. The zero-order valence-corrected chi connectivity index (χ0v) is 7.41. The van der Waals surface area contributed by atoms with Crippen LogP contribution in [0, 0.1) is 0 Å². The molecule has 1 aliphatic rings. The molecule has 0 saturated heterocycles. The monoisotopic (exact) mass is 177 g/mol. The molecule has 3 heteroatoms. The summed E-state index contributed by atoms with van der Waals surface area (Å²) in [6, 6.07) is 7.76. The first-order chi connectivity index (χ1) is 6.40. The van der Waals surface area contributed by atoms with Crippen LogP contribution in [0.2, 0.25) is 0 Å². The standard InChI is InChI=1S/C10H11NO2/c1-2-12-7-10-11-8-5-3-4-6-9(8)13-10/h3-7,11H,2H2,1H3. The Kier molecular flexibility index (Phi) is 2.08. The summed E-state index contributed by atoms with van der Waals surface area (Å²) in [5, 5.41) is 3.08. The molecule has 0 unspecified atom stereocenters. The number of benzene rings is 1. The van der Waals surface area contributed by atoms with Crippen LogP contribution in [0.15, 0.2) is 36.4 Å². The van der Waals surface area contributed by atoms with Gasteiger partial charge in [0, 0.05) is 0 Å². The summed E-state index contributed by atoms with van der Waals surface area (Å²) in [6.45, 7) is 2.57. The van der Waals surface area contributed by atoms with Gasteiger partial charge in [0.05, 0.1) is 12.3 Å². The van der Waals surface area contributed by atoms with Crippen LogP contribution < -0.4 is 10.1 Å². The van der Waals surface area contributed by atoms with Gasteiger partial charge >= 0.3 is 0 Å². The van der Waals surface area contributed by atoms with E-state index in [1.165, 1.54) is 0 Å². The summed E-state index contributed by atoms with van der Waals surface area (Å²) < 4.78 is 10.5. The Morgan fingerprint density at radius 3 is 3.08 bits per heavy atom. The van der Waals surface area contributed by atoms with E-state index in [2.05, 4.69) is 5.32 Å². The molecule has 1 aliphatic heterocycles. The van der Waals surface area contributed by atoms with E-state index >= 15 is 0 Å². The van der Waals surface area contributed by atoms with E-state index < -0.39 is 0 Å². The van der Waals surface area contributed by atoms with Crippen LogP contribution in [0.1, 0.15) is 6.92 Å². The van der Waals surface area contributed by atoms with Gasteiger partial charge in [0.2, 0.25) is 5.88 Å². The molecule has 0 bridgehead atoms. The molecule has 0 atom stereocenters. The highest BCUT2D eigenvalue weighted by atomic mass is 16.5. The minimum atomic E-state index is 0.642. The van der Waals surface area contributed by atoms with Crippen molar-refractivity contribution in [2.45, 2.75) is 6.92 Å². The smallest absolute Gasteiger partial charge is 0.232 e. The second-order valence-electron chi connectivity index (χ2n) is 2.66. The molecule has 0 aromatic heterocycles. The van der Waals surface area contributed by atoms with Crippen molar-refractivity contribution in [2.24, 2.45) is 0 Å². The fourth-order valence-corrected chi connectivity index (χ4v) is 1.15. The summed E-state index contributed by atoms with van der Waals surface area (Å²) in [5.41, 5.74) is 0.980. The second kappa shape index (κ2) is 3.39. The number of rotatable bonds is 2. The molecule has 1 N–H and O–H groups in total. The third-order valence-electron chi connectivity index (χ3n) is 1.72. The highest BCUT2D eigenvalue weighted by Gasteiger charge is 2.14. The Bertz CT molecular complexity index is 306. The molecule has 1 heterocycles. The molecule has 0 spiro atoms. The van der Waals surface area contributed by atoms with Crippen molar-refractivity contribution in [3.8, 4) is 5.75 Å². The molecule has 3 nitrogen and oxygen atoms in total. The molecule has 1 aromatic rings. The van der Waals surface area contributed by atoms with Crippen LogP contribution in [0.3, 0.4) is 0 Å². The molecule has 0 aliphatic carbocycles. The second-order valence-corrected chi connectivity index (χ2v) is 2.66. The lowest BCUT2D eigenvalue weighted by molar-refractivity contribution is 0.252. The third kappa shape index (κ3) is 1.59. The number of ether oxygens (including phenoxy) is 2. The summed E-state index contributed by atoms with van der Waals surface area (Å²) in [7, 11) is 0. The van der Waals surface area contributed by atoms with Gasteiger partial charge in [-0.15, -0.1) is 0 Å². The lowest BCUT2D eigenvalue weighted by atomic mass is 10.3. The fraction of sp³-hybridized carbons (Fsp3) is 0.200. The maximum atomic E-state index is 5.43. The van der Waals surface area contributed by atoms with Gasteiger partial charge in [0.1, 0.15) is 6.26 Å². The van der Waals surface area contributed by atoms with E-state index in [0.717, 1.165) is 11.4 Å². The normalized spacial score (nSPS) is 16.2. The van der Waals surface area contributed by atoms with Crippen molar-refractivity contribution in [1.82, 2.24) is 0 Å². The van der Waals surface area contributed by atoms with Crippen molar-refractivity contribution in [3.63, 3.8) is 0 Å². The highest BCUT2D eigenvalue weighted by Crippen LogP contribution is 2.32. The zero-order valence-electron chi connectivity index (χ0n) is 7.41. The van der Waals surface area contributed by atoms with Crippen LogP contribution in [0.4, 0.5) is 5.69 Å². The van der Waals surface area contributed by atoms with Gasteiger partial charge in [-0.1, -0.05) is 12.1 Å². The van der Waals surface area contributed by atoms with Crippen LogP contribution in [-0.2, 0) is 4.74 Å². The Hall–Kier alpha value is -1.64. The van der Waals surface area contributed by atoms with Crippen molar-refractivity contribution >= 4 is 5.69 Å². The highest BCUT2D eigenvalue weighted by molar-refractivity contribution is 5.63. The number of anilines is 1. The molecule has 0 amide bonds. The topological polar surface area (TPSA) is 30.5 Å². The first kappa shape index (κ1) is 7.98. The number of para-hydroxylation sites is 2. The van der Waals surface area contributed by atoms with E-state index in [9.17, 15) is 0 Å². The minimum absolute atomic E-state index is 0.642. The first-order valence-electron chi connectivity index (χ1n) is 4.26. The van der Waals surface area contributed by atoms with Crippen LogP contribution in [0.5, 0.6) is 5.75 Å². The van der Waals surface area contributed by atoms with E-state index in [1.807, 2.05) is 31.2 Å². The molecule has 68 valence electrons. The van der Waals surface area contributed by atoms with Crippen molar-refractivity contribution in [1.29, 1.82) is 0 Å². The van der Waals surface area contributed by atoms with E-state index in [1.54, 1.807) is 6.26 Å². The quantitative estimate of drug-likeness (QED) is 0.703. The number of nitrogens with one attached hydrogen (secondary N) is 1. The number of hydrogen-bond donors (Lipinski definition) is 1. The molecule has 1 aromatic carbocycles. The largest absolute Gasteiger partial charge is 0.496 e. The van der Waals surface area contributed by atoms with Gasteiger partial charge < -0.3 is 14.8 Å². The Labute approximate surface area is 77.0 Å². The predicted molar refractivity (Wildman–Crippen MR) is 50.4 cm³/mol. The maximum Gasteiger partial charge on any atom is 0.232 e. The van der Waals surface area contributed by atoms with Crippen molar-refractivity contribution in [3.05, 3.63) is 36.4 Å². The molecule has 0 fully saturated rings. The molecular weight excluding hydrogens is 166 g/mol. The molecule has 13 heavy (non-hydrogen) atoms. The van der Waals surface area contributed by atoms with Gasteiger partial charge in [0.15, 0.2) is 5.75 Å². The molecular formula is C10H11NO2. The van der Waals surface area contributed by atoms with Crippen LogP contribution in [-0.4, -0.2) is 6.61 Å². The molecule has 0 radical (unpaired) electrons. The van der Waals surface area contributed by atoms with Gasteiger partial charge in [-0.05, 0) is 19.1 Å². The lowest BCUT2D eigenvalue weighted by Gasteiger charge is -1.98. The van der Waals surface area contributed by atoms with Crippen LogP contribution in [0.25, 0.3) is 0 Å². The minimum Gasteiger partial charge on any atom is -0.496 e. The average Bonchev–Trinajstić information content (AvgIpc) is 2.57. The average molecular weight is 177 g/mol. The first-order valence-corrected chi connectivity index (χ1v) is 4.26. The Morgan fingerprint density at radius 1 is 1.46 bits per heavy atom. The number of fused-ring (bicyclic) bond motifs is 1. The Balaban J connectivity index is 2.13. The van der Waals surface area contributed by atoms with Gasteiger partial charge in [-0.25, -0.2) is 0 Å². The lowest BCUT2D eigenvalue weighted by Crippen LogP contribution is -1.97. The van der Waals surface area contributed by atoms with Gasteiger partial charge in [-0.2, -0.15) is 0 Å². The molecule has 0 saturated carbocycles. The SMILES string of the molecule is CCOC=C1Nc2ccccc2O1. The van der Waals surface area contributed by atoms with Gasteiger partial charge in [-0.3, -0.25) is 0 Å². The van der Waals surface area contributed by atoms with Gasteiger partial charge in [0.25, 0.3) is 0 Å². The zero-order chi connectivity index (χ0) is 9.10. The predicted octanol–water partition coefficient (Wildman–Crippen LogP) is 2.33. The van der Waals surface area contributed by atoms with Crippen LogP contribution >= 0.6 is 0 Å². The fourth-order valence-electron chi connectivity index (χ4n) is 1.15. The van der Waals surface area contributed by atoms with E-state index in [-0.39, 0.29) is 0 Å². The van der Waals surface area contributed by atoms with E-state index in [0.29, 0.717) is 12.5 Å². The third-order valence-corrected chi connectivity index (χ3v) is 1.72. The Morgan fingerprint density at radius 2 is 2.31 bits per heavy atom. The van der Waals surface area contributed by atoms with Crippen molar-refractivity contribution < 1.29 is 9.47 Å². The summed E-state index contributed by atoms with van der Waals surface area (Å²) in [5.74, 6) is 1.48. The van der Waals surface area contributed by atoms with Crippen molar-refractivity contribution in [2.75, 3.05) is 11.9 Å². The summed E-state index contributed by atoms with van der Waals surface area (Å²) >= 11 is 0. The number of hydrogen-bond acceptors (Lipinski definition) is 3. The van der Waals surface area contributed by atoms with E-state index in [4.69, 9.17) is 9.47 Å².